The number of likely N-dealkylation sites (tertiary alicyclic amines) is 1. The van der Waals surface area contributed by atoms with Crippen molar-refractivity contribution in [1.29, 1.82) is 0 Å². The van der Waals surface area contributed by atoms with Gasteiger partial charge in [0, 0.05) is 19.5 Å². The number of β-lactam (4-membered cyclic amide) rings is 1. The summed E-state index contributed by atoms with van der Waals surface area (Å²) in [6, 6.07) is 16.0. The number of esters is 1. The standard InChI is InChI=1S/C24H24N2O5/c1-3-31-23(30)24(16(2)20(27)26(24)15-17-9-5-4-6-10-17)13-14-25-21(28)18-11-7-8-12-19(18)22(25)29/h4-12,16H,3,13-15H2,1-2H3/t16-,24+/m0/s1. The van der Waals surface area contributed by atoms with Crippen LogP contribution < -0.4 is 0 Å². The van der Waals surface area contributed by atoms with E-state index in [0.717, 1.165) is 10.5 Å². The molecule has 0 spiro atoms. The molecule has 2 aromatic rings. The number of carbonyl (C=O) groups excluding carboxylic acids is 4. The molecule has 1 fully saturated rings. The molecule has 0 unspecified atom stereocenters. The molecule has 2 atom stereocenters. The van der Waals surface area contributed by atoms with E-state index in [-0.39, 0.29) is 43.8 Å². The molecule has 7 heteroatoms. The zero-order valence-corrected chi connectivity index (χ0v) is 17.5. The van der Waals surface area contributed by atoms with Gasteiger partial charge in [-0.2, -0.15) is 0 Å². The van der Waals surface area contributed by atoms with Gasteiger partial charge < -0.3 is 9.64 Å². The van der Waals surface area contributed by atoms with Crippen LogP contribution in [0, 0.1) is 5.92 Å². The molecule has 0 bridgehead atoms. The van der Waals surface area contributed by atoms with Gasteiger partial charge in [0.2, 0.25) is 5.91 Å². The summed E-state index contributed by atoms with van der Waals surface area (Å²) >= 11 is 0. The molecule has 2 aliphatic rings. The molecule has 3 amide bonds. The van der Waals surface area contributed by atoms with Crippen molar-refractivity contribution in [2.24, 2.45) is 5.92 Å². The molecule has 2 aliphatic heterocycles. The van der Waals surface area contributed by atoms with Crippen LogP contribution in [0.15, 0.2) is 54.6 Å². The SMILES string of the molecule is CCOC(=O)[C@@]1(CCN2C(=O)c3ccccc3C2=O)[C@@H](C)C(=O)N1Cc1ccccc1. The van der Waals surface area contributed by atoms with Gasteiger partial charge in [-0.15, -0.1) is 0 Å². The second-order valence-corrected chi connectivity index (χ2v) is 7.83. The number of rotatable bonds is 7. The third kappa shape index (κ3) is 3.21. The van der Waals surface area contributed by atoms with E-state index < -0.39 is 17.4 Å². The van der Waals surface area contributed by atoms with E-state index in [0.29, 0.717) is 11.1 Å². The molecule has 4 rings (SSSR count). The zero-order valence-electron chi connectivity index (χ0n) is 17.5. The molecule has 1 saturated heterocycles. The second kappa shape index (κ2) is 7.98. The van der Waals surface area contributed by atoms with E-state index in [4.69, 9.17) is 4.74 Å². The summed E-state index contributed by atoms with van der Waals surface area (Å²) < 4.78 is 5.35. The number of amides is 3. The predicted molar refractivity (Wildman–Crippen MR) is 112 cm³/mol. The lowest BCUT2D eigenvalue weighted by Gasteiger charge is -2.54. The molecule has 0 saturated carbocycles. The lowest BCUT2D eigenvalue weighted by Crippen LogP contribution is -2.74. The minimum absolute atomic E-state index is 0.0219. The van der Waals surface area contributed by atoms with Crippen LogP contribution in [0.1, 0.15) is 46.5 Å². The van der Waals surface area contributed by atoms with Crippen molar-refractivity contribution in [1.82, 2.24) is 9.80 Å². The molecular weight excluding hydrogens is 396 g/mol. The fourth-order valence-corrected chi connectivity index (χ4v) is 4.51. The van der Waals surface area contributed by atoms with Crippen molar-refractivity contribution in [3.63, 3.8) is 0 Å². The first-order valence-corrected chi connectivity index (χ1v) is 10.4. The lowest BCUT2D eigenvalue weighted by molar-refractivity contribution is -0.192. The van der Waals surface area contributed by atoms with Crippen LogP contribution in [0.5, 0.6) is 0 Å². The smallest absolute Gasteiger partial charge is 0.332 e. The van der Waals surface area contributed by atoms with Gasteiger partial charge in [-0.05, 0) is 24.6 Å². The highest BCUT2D eigenvalue weighted by atomic mass is 16.5. The first-order valence-electron chi connectivity index (χ1n) is 10.4. The second-order valence-electron chi connectivity index (χ2n) is 7.83. The maximum absolute atomic E-state index is 13.1. The molecule has 0 aliphatic carbocycles. The number of ether oxygens (including phenoxy) is 1. The number of hydrogen-bond acceptors (Lipinski definition) is 5. The van der Waals surface area contributed by atoms with Crippen LogP contribution in [0.25, 0.3) is 0 Å². The largest absolute Gasteiger partial charge is 0.464 e. The summed E-state index contributed by atoms with van der Waals surface area (Å²) in [7, 11) is 0. The number of fused-ring (bicyclic) bond motifs is 1. The predicted octanol–water partition coefficient (Wildman–Crippen LogP) is 2.65. The molecule has 0 radical (unpaired) electrons. The monoisotopic (exact) mass is 420 g/mol. The third-order valence-electron chi connectivity index (χ3n) is 6.24. The van der Waals surface area contributed by atoms with Crippen LogP contribution in [0.4, 0.5) is 0 Å². The van der Waals surface area contributed by atoms with Crippen molar-refractivity contribution in [2.75, 3.05) is 13.2 Å². The van der Waals surface area contributed by atoms with Gasteiger partial charge in [0.05, 0.1) is 23.7 Å². The molecule has 2 aromatic carbocycles. The van der Waals surface area contributed by atoms with Crippen LogP contribution in [0.2, 0.25) is 0 Å². The summed E-state index contributed by atoms with van der Waals surface area (Å²) in [6.45, 7) is 3.86. The maximum Gasteiger partial charge on any atom is 0.332 e. The third-order valence-corrected chi connectivity index (χ3v) is 6.24. The topological polar surface area (TPSA) is 84.0 Å². The Morgan fingerprint density at radius 2 is 1.55 bits per heavy atom. The molecule has 0 aromatic heterocycles. The molecule has 160 valence electrons. The fraction of sp³-hybridized carbons (Fsp3) is 0.333. The maximum atomic E-state index is 13.1. The van der Waals surface area contributed by atoms with E-state index >= 15 is 0 Å². The zero-order chi connectivity index (χ0) is 22.2. The average molecular weight is 420 g/mol. The molecular formula is C24H24N2O5. The molecule has 31 heavy (non-hydrogen) atoms. The summed E-state index contributed by atoms with van der Waals surface area (Å²) in [4.78, 5) is 54.0. The number of imide groups is 1. The first kappa shape index (κ1) is 20.8. The van der Waals surface area contributed by atoms with E-state index in [1.165, 1.54) is 4.90 Å². The van der Waals surface area contributed by atoms with E-state index in [9.17, 15) is 19.2 Å². The van der Waals surface area contributed by atoms with Gasteiger partial charge in [-0.3, -0.25) is 19.3 Å². The van der Waals surface area contributed by atoms with Crippen molar-refractivity contribution < 1.29 is 23.9 Å². The highest BCUT2D eigenvalue weighted by molar-refractivity contribution is 6.21. The van der Waals surface area contributed by atoms with E-state index in [1.807, 2.05) is 30.3 Å². The Morgan fingerprint density at radius 3 is 2.13 bits per heavy atom. The molecule has 2 heterocycles. The number of nitrogens with zero attached hydrogens (tertiary/aromatic N) is 2. The lowest BCUT2D eigenvalue weighted by atomic mass is 9.71. The van der Waals surface area contributed by atoms with Gasteiger partial charge in [-0.1, -0.05) is 49.4 Å². The quantitative estimate of drug-likeness (QED) is 0.391. The Labute approximate surface area is 180 Å². The van der Waals surface area contributed by atoms with Crippen molar-refractivity contribution in [3.05, 3.63) is 71.3 Å². The Balaban J connectivity index is 1.61. The Hall–Kier alpha value is -3.48. The first-order chi connectivity index (χ1) is 14.9. The summed E-state index contributed by atoms with van der Waals surface area (Å²) in [5, 5.41) is 0. The highest BCUT2D eigenvalue weighted by Gasteiger charge is 2.63. The Bertz CT molecular complexity index is 1020. The van der Waals surface area contributed by atoms with Crippen LogP contribution in [-0.2, 0) is 20.9 Å². The van der Waals surface area contributed by atoms with Crippen molar-refractivity contribution >= 4 is 23.7 Å². The summed E-state index contributed by atoms with van der Waals surface area (Å²) in [5.41, 5.74) is 0.378. The molecule has 7 nitrogen and oxygen atoms in total. The minimum Gasteiger partial charge on any atom is -0.464 e. The van der Waals surface area contributed by atoms with Gasteiger partial charge >= 0.3 is 5.97 Å². The highest BCUT2D eigenvalue weighted by Crippen LogP contribution is 2.43. The van der Waals surface area contributed by atoms with Gasteiger partial charge in [0.15, 0.2) is 5.54 Å². The van der Waals surface area contributed by atoms with Gasteiger partial charge in [0.25, 0.3) is 11.8 Å². The molecule has 0 N–H and O–H groups in total. The summed E-state index contributed by atoms with van der Waals surface area (Å²) in [5.74, 6) is -2.03. The minimum atomic E-state index is -1.22. The fourth-order valence-electron chi connectivity index (χ4n) is 4.51. The van der Waals surface area contributed by atoms with Crippen LogP contribution in [-0.4, -0.2) is 52.2 Å². The number of hydrogen-bond donors (Lipinski definition) is 0. The normalized spacial score (nSPS) is 22.4. The Kier molecular flexibility index (Phi) is 5.35. The van der Waals surface area contributed by atoms with Crippen molar-refractivity contribution in [3.8, 4) is 0 Å². The van der Waals surface area contributed by atoms with E-state index in [1.54, 1.807) is 38.1 Å². The summed E-state index contributed by atoms with van der Waals surface area (Å²) in [6.07, 6.45) is 0.122. The van der Waals surface area contributed by atoms with Gasteiger partial charge in [0.1, 0.15) is 0 Å². The van der Waals surface area contributed by atoms with Crippen molar-refractivity contribution in [2.45, 2.75) is 32.4 Å². The van der Waals surface area contributed by atoms with Crippen LogP contribution >= 0.6 is 0 Å². The van der Waals surface area contributed by atoms with Gasteiger partial charge in [-0.25, -0.2) is 4.79 Å². The van der Waals surface area contributed by atoms with Crippen LogP contribution in [0.3, 0.4) is 0 Å². The average Bonchev–Trinajstić information content (AvgIpc) is 3.04. The Morgan fingerprint density at radius 1 is 0.968 bits per heavy atom. The number of benzene rings is 2. The van der Waals surface area contributed by atoms with E-state index in [2.05, 4.69) is 0 Å². The number of carbonyl (C=O) groups is 4.